The molecule has 3 heterocycles. The molecule has 0 aliphatic heterocycles. The number of amides is 1. The van der Waals surface area contributed by atoms with Gasteiger partial charge in [-0.2, -0.15) is 0 Å². The van der Waals surface area contributed by atoms with E-state index in [-0.39, 0.29) is 11.9 Å². The summed E-state index contributed by atoms with van der Waals surface area (Å²) in [5, 5.41) is 13.3. The average Bonchev–Trinajstić information content (AvgIpc) is 3.14. The van der Waals surface area contributed by atoms with Crippen LogP contribution in [0.4, 0.5) is 0 Å². The Labute approximate surface area is 126 Å². The van der Waals surface area contributed by atoms with Crippen molar-refractivity contribution in [3.05, 3.63) is 52.6 Å². The number of carbonyl (C=O) groups excluding carboxylic acids is 1. The quantitative estimate of drug-likeness (QED) is 0.788. The molecule has 0 aliphatic rings. The summed E-state index contributed by atoms with van der Waals surface area (Å²) in [4.78, 5) is 13.2. The molecule has 0 aliphatic carbocycles. The number of pyridine rings is 1. The molecule has 3 aromatic heterocycles. The van der Waals surface area contributed by atoms with Gasteiger partial charge in [-0.3, -0.25) is 9.20 Å². The Bertz CT molecular complexity index is 735. The average molecular weight is 300 g/mol. The Hall–Kier alpha value is -2.21. The Balaban J connectivity index is 1.63. The van der Waals surface area contributed by atoms with Gasteiger partial charge in [0.1, 0.15) is 0 Å². The third-order valence-electron chi connectivity index (χ3n) is 3.28. The second kappa shape index (κ2) is 6.05. The largest absolute Gasteiger partial charge is 0.346 e. The van der Waals surface area contributed by atoms with Gasteiger partial charge in [-0.15, -0.1) is 21.5 Å². The summed E-state index contributed by atoms with van der Waals surface area (Å²) in [6.45, 7) is 1.92. The highest BCUT2D eigenvalue weighted by Crippen LogP contribution is 2.13. The lowest BCUT2D eigenvalue weighted by atomic mass is 10.2. The van der Waals surface area contributed by atoms with Crippen molar-refractivity contribution in [3.8, 4) is 0 Å². The van der Waals surface area contributed by atoms with Crippen molar-refractivity contribution in [2.24, 2.45) is 0 Å². The van der Waals surface area contributed by atoms with Gasteiger partial charge in [-0.25, -0.2) is 0 Å². The number of nitrogens with zero attached hydrogens (tertiary/aromatic N) is 3. The van der Waals surface area contributed by atoms with Gasteiger partial charge in [-0.1, -0.05) is 12.1 Å². The highest BCUT2D eigenvalue weighted by atomic mass is 32.1. The van der Waals surface area contributed by atoms with E-state index in [0.717, 1.165) is 17.9 Å². The van der Waals surface area contributed by atoms with Gasteiger partial charge in [0.05, 0.1) is 6.04 Å². The molecule has 3 rings (SSSR count). The molecule has 0 radical (unpaired) electrons. The number of hydrogen-bond donors (Lipinski definition) is 1. The van der Waals surface area contributed by atoms with Crippen LogP contribution in [0.25, 0.3) is 5.65 Å². The number of hydrogen-bond acceptors (Lipinski definition) is 4. The Morgan fingerprint density at radius 1 is 1.33 bits per heavy atom. The summed E-state index contributed by atoms with van der Waals surface area (Å²) in [5.41, 5.74) is 0.784. The van der Waals surface area contributed by atoms with Crippen LogP contribution in [0.5, 0.6) is 0 Å². The van der Waals surface area contributed by atoms with Crippen LogP contribution in [-0.4, -0.2) is 20.5 Å². The fourth-order valence-corrected chi connectivity index (χ4v) is 2.93. The second-order valence-electron chi connectivity index (χ2n) is 4.86. The minimum Gasteiger partial charge on any atom is -0.346 e. The van der Waals surface area contributed by atoms with Crippen molar-refractivity contribution in [2.45, 2.75) is 25.8 Å². The normalized spacial score (nSPS) is 12.4. The number of aromatic nitrogens is 3. The van der Waals surface area contributed by atoms with Crippen molar-refractivity contribution in [2.75, 3.05) is 0 Å². The predicted octanol–water partition coefficient (Wildman–Crippen LogP) is 2.60. The molecule has 108 valence electrons. The smallest absolute Gasteiger partial charge is 0.220 e. The molecule has 5 nitrogen and oxygen atoms in total. The van der Waals surface area contributed by atoms with E-state index in [9.17, 15) is 4.79 Å². The van der Waals surface area contributed by atoms with Crippen LogP contribution < -0.4 is 5.32 Å². The molecule has 1 atom stereocenters. The second-order valence-corrected chi connectivity index (χ2v) is 5.89. The van der Waals surface area contributed by atoms with E-state index >= 15 is 0 Å². The summed E-state index contributed by atoms with van der Waals surface area (Å²) in [7, 11) is 0. The van der Waals surface area contributed by atoms with Crippen LogP contribution >= 0.6 is 11.3 Å². The zero-order valence-electron chi connectivity index (χ0n) is 11.7. The van der Waals surface area contributed by atoms with Crippen molar-refractivity contribution in [3.63, 3.8) is 0 Å². The summed E-state index contributed by atoms with van der Waals surface area (Å²) >= 11 is 1.68. The number of fused-ring (bicyclic) bond motifs is 1. The maximum atomic E-state index is 12.0. The first-order valence-corrected chi connectivity index (χ1v) is 7.73. The summed E-state index contributed by atoms with van der Waals surface area (Å²) in [5.74, 6) is 0.777. The lowest BCUT2D eigenvalue weighted by Gasteiger charge is -2.12. The van der Waals surface area contributed by atoms with E-state index in [1.807, 2.05) is 53.2 Å². The summed E-state index contributed by atoms with van der Waals surface area (Å²) < 4.78 is 1.89. The number of thiophene rings is 1. The van der Waals surface area contributed by atoms with Crippen LogP contribution in [0.2, 0.25) is 0 Å². The molecular formula is C15H16N4OS. The number of rotatable bonds is 5. The molecular weight excluding hydrogens is 284 g/mol. The summed E-state index contributed by atoms with van der Waals surface area (Å²) in [6.07, 6.45) is 3.16. The molecule has 0 saturated carbocycles. The van der Waals surface area contributed by atoms with Gasteiger partial charge in [0.2, 0.25) is 5.91 Å². The number of nitrogens with one attached hydrogen (secondary N) is 1. The van der Waals surface area contributed by atoms with Crippen molar-refractivity contribution >= 4 is 22.9 Å². The number of carbonyl (C=O) groups is 1. The molecule has 0 aromatic carbocycles. The highest BCUT2D eigenvalue weighted by molar-refractivity contribution is 7.09. The van der Waals surface area contributed by atoms with E-state index in [1.54, 1.807) is 11.3 Å². The Morgan fingerprint density at radius 3 is 3.05 bits per heavy atom. The van der Waals surface area contributed by atoms with Gasteiger partial charge < -0.3 is 5.32 Å². The SMILES string of the molecule is CC(NC(=O)CCc1cccs1)c1nnc2ccccn12. The van der Waals surface area contributed by atoms with E-state index in [2.05, 4.69) is 15.5 Å². The molecule has 3 aromatic rings. The van der Waals surface area contributed by atoms with Gasteiger partial charge in [0.25, 0.3) is 0 Å². The standard InChI is InChI=1S/C15H16N4OS/c1-11(15-18-17-13-6-2-3-9-19(13)15)16-14(20)8-7-12-5-4-10-21-12/h2-6,9-11H,7-8H2,1H3,(H,16,20). The highest BCUT2D eigenvalue weighted by Gasteiger charge is 2.15. The monoisotopic (exact) mass is 300 g/mol. The molecule has 1 unspecified atom stereocenters. The van der Waals surface area contributed by atoms with Crippen LogP contribution in [0.15, 0.2) is 41.9 Å². The molecule has 1 amide bonds. The van der Waals surface area contributed by atoms with Crippen LogP contribution in [-0.2, 0) is 11.2 Å². The zero-order valence-corrected chi connectivity index (χ0v) is 12.5. The Kier molecular flexibility index (Phi) is 3.96. The molecule has 0 saturated heterocycles. The van der Waals surface area contributed by atoms with Crippen LogP contribution in [0, 0.1) is 0 Å². The zero-order chi connectivity index (χ0) is 14.7. The predicted molar refractivity (Wildman–Crippen MR) is 82.2 cm³/mol. The molecule has 0 spiro atoms. The molecule has 0 bridgehead atoms. The summed E-state index contributed by atoms with van der Waals surface area (Å²) in [6, 6.07) is 9.61. The molecule has 0 fully saturated rings. The van der Waals surface area contributed by atoms with Crippen LogP contribution in [0.3, 0.4) is 0 Å². The van der Waals surface area contributed by atoms with Gasteiger partial charge in [0, 0.05) is 17.5 Å². The first-order valence-electron chi connectivity index (χ1n) is 6.85. The first-order chi connectivity index (χ1) is 10.2. The van der Waals surface area contributed by atoms with Gasteiger partial charge in [0.15, 0.2) is 11.5 Å². The molecule has 21 heavy (non-hydrogen) atoms. The third kappa shape index (κ3) is 3.11. The van der Waals surface area contributed by atoms with Crippen molar-refractivity contribution < 1.29 is 4.79 Å². The fraction of sp³-hybridized carbons (Fsp3) is 0.267. The van der Waals surface area contributed by atoms with E-state index in [0.29, 0.717) is 6.42 Å². The van der Waals surface area contributed by atoms with E-state index in [4.69, 9.17) is 0 Å². The third-order valence-corrected chi connectivity index (χ3v) is 4.22. The van der Waals surface area contributed by atoms with Gasteiger partial charge in [-0.05, 0) is 36.9 Å². The lowest BCUT2D eigenvalue weighted by Crippen LogP contribution is -2.28. The van der Waals surface area contributed by atoms with E-state index in [1.165, 1.54) is 4.88 Å². The first kappa shape index (κ1) is 13.8. The maximum absolute atomic E-state index is 12.0. The topological polar surface area (TPSA) is 59.3 Å². The van der Waals surface area contributed by atoms with E-state index < -0.39 is 0 Å². The molecule has 1 N–H and O–H groups in total. The minimum absolute atomic E-state index is 0.0311. The van der Waals surface area contributed by atoms with Crippen molar-refractivity contribution in [1.29, 1.82) is 0 Å². The lowest BCUT2D eigenvalue weighted by molar-refractivity contribution is -0.121. The van der Waals surface area contributed by atoms with Crippen molar-refractivity contribution in [1.82, 2.24) is 19.9 Å². The minimum atomic E-state index is -0.168. The number of aryl methyl sites for hydroxylation is 1. The Morgan fingerprint density at radius 2 is 2.24 bits per heavy atom. The fourth-order valence-electron chi connectivity index (χ4n) is 2.22. The maximum Gasteiger partial charge on any atom is 0.220 e. The van der Waals surface area contributed by atoms with Crippen LogP contribution in [0.1, 0.15) is 30.1 Å². The van der Waals surface area contributed by atoms with Gasteiger partial charge >= 0.3 is 0 Å². The molecule has 6 heteroatoms.